The second-order valence-electron chi connectivity index (χ2n) is 7.81. The number of oxime groups is 1. The molecule has 2 aliphatic heterocycles. The Kier molecular flexibility index (Phi) is 9.71. The van der Waals surface area contributed by atoms with E-state index in [2.05, 4.69) is 15.5 Å². The van der Waals surface area contributed by atoms with E-state index < -0.39 is 47.4 Å². The molecular formula is C21H27N5O9S2. The first kappa shape index (κ1) is 28.2. The number of methoxy groups -OCH3 is 1. The van der Waals surface area contributed by atoms with Gasteiger partial charge in [0.2, 0.25) is 6.29 Å². The first-order chi connectivity index (χ1) is 17.7. The summed E-state index contributed by atoms with van der Waals surface area (Å²) >= 11 is 2.35. The highest BCUT2D eigenvalue weighted by atomic mass is 32.2. The van der Waals surface area contributed by atoms with E-state index in [0.29, 0.717) is 17.7 Å². The summed E-state index contributed by atoms with van der Waals surface area (Å²) < 4.78 is 20.2. The molecule has 1 aromatic heterocycles. The van der Waals surface area contributed by atoms with E-state index in [1.807, 2.05) is 6.92 Å². The molecule has 3 heterocycles. The van der Waals surface area contributed by atoms with Gasteiger partial charge in [0.05, 0.1) is 13.2 Å². The van der Waals surface area contributed by atoms with Gasteiger partial charge in [-0.25, -0.2) is 14.6 Å². The van der Waals surface area contributed by atoms with Crippen LogP contribution < -0.4 is 11.1 Å². The van der Waals surface area contributed by atoms with Gasteiger partial charge in [-0.05, 0) is 12.0 Å². The van der Waals surface area contributed by atoms with E-state index in [1.165, 1.54) is 36.1 Å². The molecule has 202 valence electrons. The van der Waals surface area contributed by atoms with Crippen molar-refractivity contribution in [1.82, 2.24) is 15.2 Å². The Morgan fingerprint density at radius 1 is 1.38 bits per heavy atom. The molecule has 1 aromatic rings. The number of hydrogen-bond donors (Lipinski definition) is 3. The number of aromatic nitrogens is 1. The second-order valence-corrected chi connectivity index (χ2v) is 9.80. The number of esters is 1. The summed E-state index contributed by atoms with van der Waals surface area (Å²) in [6.45, 7) is 3.49. The number of thiazole rings is 1. The lowest BCUT2D eigenvalue weighted by molar-refractivity contribution is -0.169. The molecule has 2 unspecified atom stereocenters. The molecule has 0 aliphatic carbocycles. The Bertz CT molecular complexity index is 1110. The largest absolute Gasteiger partial charge is 0.511 e. The van der Waals surface area contributed by atoms with Crippen LogP contribution in [0.2, 0.25) is 0 Å². The highest BCUT2D eigenvalue weighted by molar-refractivity contribution is 8.00. The maximum absolute atomic E-state index is 13.0. The third-order valence-electron chi connectivity index (χ3n) is 5.18. The van der Waals surface area contributed by atoms with Crippen molar-refractivity contribution < 1.29 is 43.3 Å². The van der Waals surface area contributed by atoms with Crippen LogP contribution in [0.15, 0.2) is 21.8 Å². The summed E-state index contributed by atoms with van der Waals surface area (Å²) in [5.74, 6) is -2.03. The minimum Gasteiger partial charge on any atom is -0.434 e. The van der Waals surface area contributed by atoms with E-state index in [-0.39, 0.29) is 29.7 Å². The number of rotatable bonds is 11. The molecule has 0 spiro atoms. The van der Waals surface area contributed by atoms with Gasteiger partial charge in [0.25, 0.3) is 11.8 Å². The van der Waals surface area contributed by atoms with Crippen molar-refractivity contribution in [1.29, 1.82) is 0 Å². The summed E-state index contributed by atoms with van der Waals surface area (Å²) in [6, 6.07) is -1.01. The molecule has 0 bridgehead atoms. The quantitative estimate of drug-likeness (QED) is 0.0667. The SMILES string of the molecule is CCCCOC(=O)OC(C)OC(=O)C1=C(COC)CS[C@@H]2C(NC(=O)C(=NO)c3csc(N)n3)C(=O)N12. The van der Waals surface area contributed by atoms with Crippen LogP contribution in [0.25, 0.3) is 0 Å². The molecule has 14 nitrogen and oxygen atoms in total. The normalized spacial score (nSPS) is 20.0. The third kappa shape index (κ3) is 6.50. The van der Waals surface area contributed by atoms with E-state index in [9.17, 15) is 24.4 Å². The van der Waals surface area contributed by atoms with Crippen molar-refractivity contribution in [2.45, 2.75) is 44.4 Å². The number of nitrogens with zero attached hydrogens (tertiary/aromatic N) is 3. The fraction of sp³-hybridized carbons (Fsp3) is 0.524. The minimum absolute atomic E-state index is 0.0474. The fourth-order valence-corrected chi connectivity index (χ4v) is 5.35. The average Bonchev–Trinajstić information content (AvgIpc) is 3.28. The number of fused-ring (bicyclic) bond motifs is 1. The first-order valence-electron chi connectivity index (χ1n) is 11.2. The van der Waals surface area contributed by atoms with Gasteiger partial charge < -0.3 is 35.2 Å². The Morgan fingerprint density at radius 2 is 2.14 bits per heavy atom. The topological polar surface area (TPSA) is 192 Å². The number of thioether (sulfide) groups is 1. The Labute approximate surface area is 220 Å². The molecule has 0 aromatic carbocycles. The van der Waals surface area contributed by atoms with Crippen LogP contribution in [-0.2, 0) is 33.3 Å². The Morgan fingerprint density at radius 3 is 2.76 bits per heavy atom. The molecule has 1 fully saturated rings. The number of nitrogen functional groups attached to an aromatic ring is 1. The number of amides is 2. The van der Waals surface area contributed by atoms with Crippen LogP contribution in [0.5, 0.6) is 0 Å². The van der Waals surface area contributed by atoms with E-state index in [1.54, 1.807) is 0 Å². The van der Waals surface area contributed by atoms with E-state index in [0.717, 1.165) is 17.8 Å². The predicted molar refractivity (Wildman–Crippen MR) is 132 cm³/mol. The molecule has 4 N–H and O–H groups in total. The Balaban J connectivity index is 1.69. The maximum atomic E-state index is 13.0. The minimum atomic E-state index is -1.29. The molecule has 37 heavy (non-hydrogen) atoms. The summed E-state index contributed by atoms with van der Waals surface area (Å²) in [4.78, 5) is 55.6. The monoisotopic (exact) mass is 557 g/mol. The number of hydrogen-bond acceptors (Lipinski definition) is 14. The van der Waals surface area contributed by atoms with Crippen LogP contribution in [0.3, 0.4) is 0 Å². The van der Waals surface area contributed by atoms with Gasteiger partial charge >= 0.3 is 12.1 Å². The Hall–Kier alpha value is -3.37. The zero-order chi connectivity index (χ0) is 27.1. The number of ether oxygens (including phenoxy) is 4. The van der Waals surface area contributed by atoms with Crippen LogP contribution in [-0.4, -0.2) is 88.5 Å². The lowest BCUT2D eigenvalue weighted by Crippen LogP contribution is -2.71. The first-order valence-corrected chi connectivity index (χ1v) is 13.1. The van der Waals surface area contributed by atoms with Crippen LogP contribution >= 0.6 is 23.1 Å². The highest BCUT2D eigenvalue weighted by Gasteiger charge is 2.55. The zero-order valence-electron chi connectivity index (χ0n) is 20.3. The van der Waals surface area contributed by atoms with Gasteiger partial charge in [0, 0.05) is 25.2 Å². The predicted octanol–water partition coefficient (Wildman–Crippen LogP) is 1.05. The van der Waals surface area contributed by atoms with Gasteiger partial charge in [0.15, 0.2) is 10.8 Å². The average molecular weight is 558 g/mol. The van der Waals surface area contributed by atoms with Gasteiger partial charge in [-0.15, -0.1) is 23.1 Å². The standard InChI is InChI=1S/C21H27N5O9S2/c1-4-5-6-33-21(30)35-10(2)34-19(29)15-11(7-32-3)8-36-18-14(17(28)26(15)18)24-16(27)13(25-31)12-9-37-20(22)23-12/h9-10,14,18,31H,4-8H2,1-3H3,(H2,22,23)(H,24,27)/t10?,14?,18-/m1/s1. The number of anilines is 1. The van der Waals surface area contributed by atoms with E-state index in [4.69, 9.17) is 24.7 Å². The van der Waals surface area contributed by atoms with E-state index >= 15 is 0 Å². The molecule has 3 rings (SSSR count). The molecule has 0 saturated carbocycles. The number of unbranched alkanes of at least 4 members (excludes halogenated alkanes) is 1. The van der Waals surface area contributed by atoms with Crippen molar-refractivity contribution in [3.63, 3.8) is 0 Å². The van der Waals surface area contributed by atoms with Crippen LogP contribution in [0, 0.1) is 0 Å². The molecule has 3 atom stereocenters. The fourth-order valence-electron chi connectivity index (χ4n) is 3.48. The molecule has 2 aliphatic rings. The van der Waals surface area contributed by atoms with Crippen LogP contribution in [0.1, 0.15) is 32.4 Å². The third-order valence-corrected chi connectivity index (χ3v) is 7.19. The number of carbonyl (C=O) groups is 4. The van der Waals surface area contributed by atoms with Crippen molar-refractivity contribution >= 4 is 57.9 Å². The lowest BCUT2D eigenvalue weighted by atomic mass is 10.0. The smallest absolute Gasteiger partial charge is 0.434 e. The summed E-state index contributed by atoms with van der Waals surface area (Å²) in [5, 5.41) is 15.8. The van der Waals surface area contributed by atoms with Gasteiger partial charge in [0.1, 0.15) is 22.8 Å². The van der Waals surface area contributed by atoms with Crippen molar-refractivity contribution in [3.05, 3.63) is 22.3 Å². The second kappa shape index (κ2) is 12.7. The number of carbonyl (C=O) groups excluding carboxylic acids is 4. The summed E-state index contributed by atoms with van der Waals surface area (Å²) in [7, 11) is 1.44. The van der Waals surface area contributed by atoms with Gasteiger partial charge in [-0.1, -0.05) is 18.5 Å². The maximum Gasteiger partial charge on any atom is 0.511 e. The van der Waals surface area contributed by atoms with Crippen LogP contribution in [0.4, 0.5) is 9.93 Å². The number of nitrogens with two attached hydrogens (primary N) is 1. The van der Waals surface area contributed by atoms with Crippen molar-refractivity contribution in [2.75, 3.05) is 31.8 Å². The number of β-lactam (4-membered cyclic amide) rings is 1. The molecule has 16 heteroatoms. The summed E-state index contributed by atoms with van der Waals surface area (Å²) in [5.41, 5.74) is 5.64. The van der Waals surface area contributed by atoms with Gasteiger partial charge in [-0.2, -0.15) is 0 Å². The number of nitrogens with one attached hydrogen (secondary N) is 1. The van der Waals surface area contributed by atoms with Crippen molar-refractivity contribution in [3.8, 4) is 0 Å². The lowest BCUT2D eigenvalue weighted by Gasteiger charge is -2.49. The molecular weight excluding hydrogens is 530 g/mol. The molecule has 2 amide bonds. The highest BCUT2D eigenvalue weighted by Crippen LogP contribution is 2.41. The summed E-state index contributed by atoms with van der Waals surface area (Å²) in [6.07, 6.45) is -0.783. The molecule has 1 saturated heterocycles. The van der Waals surface area contributed by atoms with Gasteiger partial charge in [-0.3, -0.25) is 14.5 Å². The van der Waals surface area contributed by atoms with Crippen molar-refractivity contribution in [2.24, 2.45) is 5.16 Å². The zero-order valence-corrected chi connectivity index (χ0v) is 21.9. The molecule has 0 radical (unpaired) electrons.